The monoisotopic (exact) mass is 294 g/mol. The van der Waals surface area contributed by atoms with Crippen LogP contribution in [0.5, 0.6) is 11.5 Å². The minimum absolute atomic E-state index is 0.234. The van der Waals surface area contributed by atoms with E-state index >= 15 is 0 Å². The van der Waals surface area contributed by atoms with E-state index in [1.54, 1.807) is 6.33 Å². The molecule has 0 saturated carbocycles. The highest BCUT2D eigenvalue weighted by Gasteiger charge is 2.17. The molecule has 1 N–H and O–H groups in total. The molecule has 0 atom stereocenters. The molecule has 1 aromatic carbocycles. The molecule has 6 nitrogen and oxygen atoms in total. The van der Waals surface area contributed by atoms with Gasteiger partial charge in [0.2, 0.25) is 6.79 Å². The smallest absolute Gasteiger partial charge is 0.231 e. The molecule has 3 rings (SSSR count). The fourth-order valence-electron chi connectivity index (χ4n) is 2.09. The summed E-state index contributed by atoms with van der Waals surface area (Å²) in [6, 6.07) is 3.84. The Kier molecular flexibility index (Phi) is 3.75. The first-order valence-electron chi connectivity index (χ1n) is 6.35. The summed E-state index contributed by atoms with van der Waals surface area (Å²) < 4.78 is 12.5. The Hall–Kier alpha value is -1.79. The number of ether oxygens (including phenoxy) is 2. The standard InChI is InChI=1S/C13H15ClN4O2/c1-18-7-16-17-12(18)2-3-15-6-9-4-10(14)13-11(5-9)19-8-20-13/h4-5,7,15H,2-3,6,8H2,1H3. The minimum Gasteiger partial charge on any atom is -0.454 e. The highest BCUT2D eigenvalue weighted by Crippen LogP contribution is 2.39. The number of benzene rings is 1. The van der Waals surface area contributed by atoms with E-state index < -0.39 is 0 Å². The SMILES string of the molecule is Cn1cnnc1CCNCc1cc(Cl)c2c(c1)OCO2. The number of hydrogen-bond acceptors (Lipinski definition) is 5. The zero-order valence-electron chi connectivity index (χ0n) is 11.1. The van der Waals surface area contributed by atoms with Crippen molar-refractivity contribution in [2.45, 2.75) is 13.0 Å². The molecule has 0 amide bonds. The number of halogens is 1. The molecule has 1 aliphatic rings. The van der Waals surface area contributed by atoms with Crippen LogP contribution in [0.3, 0.4) is 0 Å². The molecule has 0 spiro atoms. The first-order valence-corrected chi connectivity index (χ1v) is 6.73. The van der Waals surface area contributed by atoms with E-state index in [2.05, 4.69) is 15.5 Å². The van der Waals surface area contributed by atoms with Crippen LogP contribution in [0.2, 0.25) is 5.02 Å². The summed E-state index contributed by atoms with van der Waals surface area (Å²) in [7, 11) is 1.94. The van der Waals surface area contributed by atoms with Crippen molar-refractivity contribution in [1.82, 2.24) is 20.1 Å². The summed E-state index contributed by atoms with van der Waals surface area (Å²) in [5.41, 5.74) is 1.07. The van der Waals surface area contributed by atoms with Gasteiger partial charge >= 0.3 is 0 Å². The maximum atomic E-state index is 6.14. The van der Waals surface area contributed by atoms with Gasteiger partial charge in [-0.1, -0.05) is 11.6 Å². The molecular formula is C13H15ClN4O2. The van der Waals surface area contributed by atoms with Gasteiger partial charge in [0.25, 0.3) is 0 Å². The van der Waals surface area contributed by atoms with Crippen molar-refractivity contribution in [2.24, 2.45) is 7.05 Å². The lowest BCUT2D eigenvalue weighted by molar-refractivity contribution is 0.174. The van der Waals surface area contributed by atoms with Crippen LogP contribution in [-0.4, -0.2) is 28.1 Å². The molecule has 0 radical (unpaired) electrons. The molecule has 0 saturated heterocycles. The number of aromatic nitrogens is 3. The van der Waals surface area contributed by atoms with Gasteiger partial charge in [0.05, 0.1) is 5.02 Å². The molecule has 2 heterocycles. The predicted molar refractivity (Wildman–Crippen MR) is 74.0 cm³/mol. The van der Waals surface area contributed by atoms with E-state index in [0.717, 1.165) is 24.4 Å². The summed E-state index contributed by atoms with van der Waals surface area (Å²) in [5.74, 6) is 2.30. The first-order chi connectivity index (χ1) is 9.74. The van der Waals surface area contributed by atoms with E-state index in [1.807, 2.05) is 23.7 Å². The first kappa shape index (κ1) is 13.2. The molecule has 0 fully saturated rings. The lowest BCUT2D eigenvalue weighted by Crippen LogP contribution is -2.18. The van der Waals surface area contributed by atoms with Crippen molar-refractivity contribution in [3.8, 4) is 11.5 Å². The normalized spacial score (nSPS) is 12.9. The Morgan fingerprint density at radius 3 is 3.10 bits per heavy atom. The Labute approximate surface area is 121 Å². The van der Waals surface area contributed by atoms with Crippen LogP contribution >= 0.6 is 11.6 Å². The van der Waals surface area contributed by atoms with Crippen molar-refractivity contribution >= 4 is 11.6 Å². The average Bonchev–Trinajstić information content (AvgIpc) is 3.04. The fraction of sp³-hybridized carbons (Fsp3) is 0.385. The van der Waals surface area contributed by atoms with E-state index in [4.69, 9.17) is 21.1 Å². The third kappa shape index (κ3) is 2.71. The highest BCUT2D eigenvalue weighted by atomic mass is 35.5. The number of nitrogens with one attached hydrogen (secondary N) is 1. The number of aryl methyl sites for hydroxylation is 1. The van der Waals surface area contributed by atoms with Gasteiger partial charge in [0.15, 0.2) is 11.5 Å². The van der Waals surface area contributed by atoms with Gasteiger partial charge in [0.1, 0.15) is 12.2 Å². The van der Waals surface area contributed by atoms with Gasteiger partial charge in [-0.05, 0) is 17.7 Å². The van der Waals surface area contributed by atoms with Gasteiger partial charge < -0.3 is 19.4 Å². The average molecular weight is 295 g/mol. The topological polar surface area (TPSA) is 61.2 Å². The zero-order valence-corrected chi connectivity index (χ0v) is 11.9. The molecule has 0 unspecified atom stereocenters. The molecule has 0 bridgehead atoms. The van der Waals surface area contributed by atoms with Crippen molar-refractivity contribution in [2.75, 3.05) is 13.3 Å². The number of rotatable bonds is 5. The van der Waals surface area contributed by atoms with Crippen molar-refractivity contribution in [1.29, 1.82) is 0 Å². The quantitative estimate of drug-likeness (QED) is 0.848. The summed E-state index contributed by atoms with van der Waals surface area (Å²) in [5, 5.41) is 11.8. The molecule has 0 aliphatic carbocycles. The zero-order chi connectivity index (χ0) is 13.9. The van der Waals surface area contributed by atoms with Gasteiger partial charge in [0, 0.05) is 26.6 Å². The molecule has 7 heteroatoms. The molecule has 1 aromatic heterocycles. The van der Waals surface area contributed by atoms with Crippen LogP contribution in [0.15, 0.2) is 18.5 Å². The second-order valence-corrected chi connectivity index (χ2v) is 5.00. The molecule has 1 aliphatic heterocycles. The number of nitrogens with zero attached hydrogens (tertiary/aromatic N) is 3. The molecule has 20 heavy (non-hydrogen) atoms. The van der Waals surface area contributed by atoms with Crippen molar-refractivity contribution in [3.63, 3.8) is 0 Å². The lowest BCUT2D eigenvalue weighted by Gasteiger charge is -2.07. The highest BCUT2D eigenvalue weighted by molar-refractivity contribution is 6.32. The van der Waals surface area contributed by atoms with Crippen LogP contribution in [0.4, 0.5) is 0 Å². The van der Waals surface area contributed by atoms with Gasteiger partial charge in [-0.15, -0.1) is 10.2 Å². The van der Waals surface area contributed by atoms with Gasteiger partial charge in [-0.3, -0.25) is 0 Å². The summed E-state index contributed by atoms with van der Waals surface area (Å²) in [6.45, 7) is 1.77. The Morgan fingerprint density at radius 1 is 1.40 bits per heavy atom. The maximum absolute atomic E-state index is 6.14. The Morgan fingerprint density at radius 2 is 2.30 bits per heavy atom. The van der Waals surface area contributed by atoms with Crippen molar-refractivity contribution < 1.29 is 9.47 Å². The molecule has 106 valence electrons. The second-order valence-electron chi connectivity index (χ2n) is 4.60. The summed E-state index contributed by atoms with van der Waals surface area (Å²) in [4.78, 5) is 0. The predicted octanol–water partition coefficient (Wildman–Crippen LogP) is 1.53. The van der Waals surface area contributed by atoms with Crippen LogP contribution in [-0.2, 0) is 20.0 Å². The van der Waals surface area contributed by atoms with E-state index in [-0.39, 0.29) is 6.79 Å². The fourth-order valence-corrected chi connectivity index (χ4v) is 2.38. The van der Waals surface area contributed by atoms with Gasteiger partial charge in [-0.25, -0.2) is 0 Å². The van der Waals surface area contributed by atoms with E-state index in [9.17, 15) is 0 Å². The third-order valence-electron chi connectivity index (χ3n) is 3.15. The van der Waals surface area contributed by atoms with Crippen LogP contribution < -0.4 is 14.8 Å². The third-order valence-corrected chi connectivity index (χ3v) is 3.43. The summed E-state index contributed by atoms with van der Waals surface area (Å²) in [6.07, 6.45) is 2.53. The molecular weight excluding hydrogens is 280 g/mol. The van der Waals surface area contributed by atoms with E-state index in [0.29, 0.717) is 23.1 Å². The van der Waals surface area contributed by atoms with Crippen molar-refractivity contribution in [3.05, 3.63) is 34.9 Å². The largest absolute Gasteiger partial charge is 0.454 e. The van der Waals surface area contributed by atoms with E-state index in [1.165, 1.54) is 0 Å². The Bertz CT molecular complexity index is 614. The lowest BCUT2D eigenvalue weighted by atomic mass is 10.2. The van der Waals surface area contributed by atoms with Crippen LogP contribution in [0, 0.1) is 0 Å². The minimum atomic E-state index is 0.234. The van der Waals surface area contributed by atoms with Gasteiger partial charge in [-0.2, -0.15) is 0 Å². The van der Waals surface area contributed by atoms with Crippen LogP contribution in [0.25, 0.3) is 0 Å². The number of hydrogen-bond donors (Lipinski definition) is 1. The maximum Gasteiger partial charge on any atom is 0.231 e. The summed E-state index contributed by atoms with van der Waals surface area (Å²) >= 11 is 6.14. The van der Waals surface area contributed by atoms with Crippen LogP contribution in [0.1, 0.15) is 11.4 Å². The Balaban J connectivity index is 1.54. The molecule has 2 aromatic rings. The number of fused-ring (bicyclic) bond motifs is 1. The second kappa shape index (κ2) is 5.68.